The minimum absolute atomic E-state index is 0.0282. The molecule has 0 unspecified atom stereocenters. The SMILES string of the molecule is CNc1nccc(C(=O)Nc2cc(C#N)ccc2Cl)c1F. The summed E-state index contributed by atoms with van der Waals surface area (Å²) in [6.07, 6.45) is 1.32. The standard InChI is InChI=1S/C14H10ClFN4O/c1-18-13-12(16)9(4-5-19-13)14(21)20-11-6-8(7-17)2-3-10(11)15/h2-6H,1H3,(H,18,19)(H,20,21). The van der Waals surface area contributed by atoms with Crippen molar-refractivity contribution in [3.8, 4) is 6.07 Å². The second kappa shape index (κ2) is 6.20. The molecule has 0 saturated carbocycles. The fourth-order valence-corrected chi connectivity index (χ4v) is 1.84. The van der Waals surface area contributed by atoms with Crippen LogP contribution in [0.2, 0.25) is 5.02 Å². The summed E-state index contributed by atoms with van der Waals surface area (Å²) in [6.45, 7) is 0. The number of carbonyl (C=O) groups excluding carboxylic acids is 1. The number of rotatable bonds is 3. The van der Waals surface area contributed by atoms with E-state index < -0.39 is 11.7 Å². The lowest BCUT2D eigenvalue weighted by Gasteiger charge is -2.09. The number of nitrogens with one attached hydrogen (secondary N) is 2. The van der Waals surface area contributed by atoms with Gasteiger partial charge in [-0.1, -0.05) is 11.6 Å². The van der Waals surface area contributed by atoms with Crippen molar-refractivity contribution in [2.75, 3.05) is 17.7 Å². The van der Waals surface area contributed by atoms with E-state index in [2.05, 4.69) is 15.6 Å². The van der Waals surface area contributed by atoms with Gasteiger partial charge in [-0.2, -0.15) is 5.26 Å². The zero-order valence-electron chi connectivity index (χ0n) is 10.9. The Morgan fingerprint density at radius 2 is 2.19 bits per heavy atom. The van der Waals surface area contributed by atoms with Gasteiger partial charge in [0.25, 0.3) is 5.91 Å². The topological polar surface area (TPSA) is 77.8 Å². The van der Waals surface area contributed by atoms with Crippen molar-refractivity contribution in [2.45, 2.75) is 0 Å². The Kier molecular flexibility index (Phi) is 4.36. The van der Waals surface area contributed by atoms with E-state index in [1.165, 1.54) is 37.5 Å². The second-order valence-electron chi connectivity index (χ2n) is 4.03. The number of pyridine rings is 1. The molecule has 106 valence electrons. The van der Waals surface area contributed by atoms with Crippen LogP contribution in [-0.4, -0.2) is 17.9 Å². The highest BCUT2D eigenvalue weighted by Gasteiger charge is 2.16. The third-order valence-electron chi connectivity index (χ3n) is 2.71. The largest absolute Gasteiger partial charge is 0.371 e. The number of aromatic nitrogens is 1. The third-order valence-corrected chi connectivity index (χ3v) is 3.04. The van der Waals surface area contributed by atoms with Crippen LogP contribution in [0.4, 0.5) is 15.9 Å². The Hall–Kier alpha value is -2.65. The van der Waals surface area contributed by atoms with Gasteiger partial charge in [0.05, 0.1) is 27.9 Å². The summed E-state index contributed by atoms with van der Waals surface area (Å²) < 4.78 is 14.0. The van der Waals surface area contributed by atoms with Crippen molar-refractivity contribution in [3.05, 3.63) is 52.4 Å². The molecule has 1 heterocycles. The highest BCUT2D eigenvalue weighted by molar-refractivity contribution is 6.34. The van der Waals surface area contributed by atoms with E-state index >= 15 is 0 Å². The fraction of sp³-hybridized carbons (Fsp3) is 0.0714. The van der Waals surface area contributed by atoms with Crippen LogP contribution >= 0.6 is 11.6 Å². The third kappa shape index (κ3) is 3.09. The quantitative estimate of drug-likeness (QED) is 0.913. The van der Waals surface area contributed by atoms with E-state index in [1.807, 2.05) is 6.07 Å². The zero-order chi connectivity index (χ0) is 15.4. The predicted octanol–water partition coefficient (Wildman–Crippen LogP) is 3.04. The van der Waals surface area contributed by atoms with Crippen molar-refractivity contribution in [2.24, 2.45) is 0 Å². The van der Waals surface area contributed by atoms with Crippen LogP contribution in [-0.2, 0) is 0 Å². The molecule has 0 aliphatic carbocycles. The smallest absolute Gasteiger partial charge is 0.258 e. The van der Waals surface area contributed by atoms with E-state index in [4.69, 9.17) is 16.9 Å². The van der Waals surface area contributed by atoms with Crippen LogP contribution in [0, 0.1) is 17.1 Å². The number of amides is 1. The Balaban J connectivity index is 2.33. The van der Waals surface area contributed by atoms with Gasteiger partial charge < -0.3 is 10.6 Å². The van der Waals surface area contributed by atoms with Crippen LogP contribution in [0.15, 0.2) is 30.5 Å². The second-order valence-corrected chi connectivity index (χ2v) is 4.44. The lowest BCUT2D eigenvalue weighted by molar-refractivity contribution is 0.102. The average molecular weight is 305 g/mol. The van der Waals surface area contributed by atoms with E-state index in [-0.39, 0.29) is 22.1 Å². The van der Waals surface area contributed by atoms with Gasteiger partial charge >= 0.3 is 0 Å². The van der Waals surface area contributed by atoms with Crippen molar-refractivity contribution in [1.82, 2.24) is 4.98 Å². The van der Waals surface area contributed by atoms with Crippen molar-refractivity contribution in [3.63, 3.8) is 0 Å². The summed E-state index contributed by atoms with van der Waals surface area (Å²) in [5.74, 6) is -1.46. The summed E-state index contributed by atoms with van der Waals surface area (Å²) in [4.78, 5) is 15.9. The van der Waals surface area contributed by atoms with Gasteiger partial charge in [0, 0.05) is 13.2 Å². The minimum Gasteiger partial charge on any atom is -0.371 e. The summed E-state index contributed by atoms with van der Waals surface area (Å²) in [7, 11) is 1.50. The van der Waals surface area contributed by atoms with Crippen LogP contribution < -0.4 is 10.6 Å². The minimum atomic E-state index is -0.759. The lowest BCUT2D eigenvalue weighted by Crippen LogP contribution is -2.15. The summed E-state index contributed by atoms with van der Waals surface area (Å²) in [5.41, 5.74) is 0.400. The number of carbonyl (C=O) groups is 1. The van der Waals surface area contributed by atoms with E-state index in [9.17, 15) is 9.18 Å². The lowest BCUT2D eigenvalue weighted by atomic mass is 10.2. The van der Waals surface area contributed by atoms with Crippen molar-refractivity contribution < 1.29 is 9.18 Å². The predicted molar refractivity (Wildman–Crippen MR) is 77.9 cm³/mol. The summed E-state index contributed by atoms with van der Waals surface area (Å²) in [6, 6.07) is 7.61. The molecule has 0 aliphatic heterocycles. The summed E-state index contributed by atoms with van der Waals surface area (Å²) in [5, 5.41) is 14.1. The van der Waals surface area contributed by atoms with Crippen molar-refractivity contribution in [1.29, 1.82) is 5.26 Å². The van der Waals surface area contributed by atoms with Crippen LogP contribution in [0.3, 0.4) is 0 Å². The number of nitriles is 1. The molecule has 0 fully saturated rings. The Bertz CT molecular complexity index is 742. The molecule has 0 bridgehead atoms. The first-order chi connectivity index (χ1) is 10.1. The first kappa shape index (κ1) is 14.8. The first-order valence-electron chi connectivity index (χ1n) is 5.90. The van der Waals surface area contributed by atoms with Crippen molar-refractivity contribution >= 4 is 29.0 Å². The van der Waals surface area contributed by atoms with Gasteiger partial charge in [0.2, 0.25) is 0 Å². The number of nitrogens with zero attached hydrogens (tertiary/aromatic N) is 2. The molecule has 21 heavy (non-hydrogen) atoms. The highest BCUT2D eigenvalue weighted by atomic mass is 35.5. The first-order valence-corrected chi connectivity index (χ1v) is 6.28. The van der Waals surface area contributed by atoms with Gasteiger partial charge in [-0.25, -0.2) is 9.37 Å². The Morgan fingerprint density at radius 1 is 1.43 bits per heavy atom. The normalized spacial score (nSPS) is 9.81. The molecule has 0 spiro atoms. The van der Waals surface area contributed by atoms with Gasteiger partial charge in [0.15, 0.2) is 11.6 Å². The molecule has 5 nitrogen and oxygen atoms in total. The molecule has 2 N–H and O–H groups in total. The number of anilines is 2. The summed E-state index contributed by atoms with van der Waals surface area (Å²) >= 11 is 5.94. The number of hydrogen-bond acceptors (Lipinski definition) is 4. The Labute approximate surface area is 125 Å². The van der Waals surface area contributed by atoms with E-state index in [1.54, 1.807) is 0 Å². The molecule has 1 aromatic carbocycles. The van der Waals surface area contributed by atoms with E-state index in [0.717, 1.165) is 0 Å². The maximum absolute atomic E-state index is 14.0. The fourth-order valence-electron chi connectivity index (χ4n) is 1.67. The number of hydrogen-bond donors (Lipinski definition) is 2. The molecule has 1 aromatic heterocycles. The maximum atomic E-state index is 14.0. The van der Waals surface area contributed by atoms with E-state index in [0.29, 0.717) is 5.56 Å². The van der Waals surface area contributed by atoms with Gasteiger partial charge in [-0.15, -0.1) is 0 Å². The number of halogens is 2. The van der Waals surface area contributed by atoms with Gasteiger partial charge in [0.1, 0.15) is 0 Å². The monoisotopic (exact) mass is 304 g/mol. The molecule has 0 radical (unpaired) electrons. The highest BCUT2D eigenvalue weighted by Crippen LogP contribution is 2.24. The van der Waals surface area contributed by atoms with Crippen LogP contribution in [0.5, 0.6) is 0 Å². The average Bonchev–Trinajstić information content (AvgIpc) is 2.49. The van der Waals surface area contributed by atoms with Gasteiger partial charge in [-0.3, -0.25) is 4.79 Å². The number of benzene rings is 1. The molecule has 0 atom stereocenters. The molecular weight excluding hydrogens is 295 g/mol. The molecule has 0 aliphatic rings. The Morgan fingerprint density at radius 3 is 2.86 bits per heavy atom. The molecule has 0 saturated heterocycles. The van der Waals surface area contributed by atoms with Crippen LogP contribution in [0.25, 0.3) is 0 Å². The van der Waals surface area contributed by atoms with Gasteiger partial charge in [-0.05, 0) is 24.3 Å². The maximum Gasteiger partial charge on any atom is 0.258 e. The van der Waals surface area contributed by atoms with Crippen LogP contribution in [0.1, 0.15) is 15.9 Å². The molecule has 1 amide bonds. The molecular formula is C14H10ClFN4O. The molecule has 2 aromatic rings. The zero-order valence-corrected chi connectivity index (χ0v) is 11.7. The molecule has 7 heteroatoms. The molecule has 2 rings (SSSR count).